The normalized spacial score (nSPS) is 44.1. The van der Waals surface area contributed by atoms with Crippen LogP contribution in [0.25, 0.3) is 0 Å². The number of benzene rings is 1. The predicted molar refractivity (Wildman–Crippen MR) is 68.2 cm³/mol. The van der Waals surface area contributed by atoms with Crippen molar-refractivity contribution in [3.05, 3.63) is 30.3 Å². The second-order valence-electron chi connectivity index (χ2n) is 5.32. The zero-order chi connectivity index (χ0) is 12.2. The van der Waals surface area contributed by atoms with Gasteiger partial charge in [0.1, 0.15) is 0 Å². The molecule has 3 heterocycles. The van der Waals surface area contributed by atoms with Gasteiger partial charge in [0.05, 0.1) is 0 Å². The Morgan fingerprint density at radius 2 is 2.17 bits per heavy atom. The van der Waals surface area contributed by atoms with E-state index in [9.17, 15) is 0 Å². The zero-order valence-corrected chi connectivity index (χ0v) is 11.7. The van der Waals surface area contributed by atoms with E-state index in [4.69, 9.17) is 14.6 Å². The van der Waals surface area contributed by atoms with Gasteiger partial charge in [0.15, 0.2) is 0 Å². The van der Waals surface area contributed by atoms with Crippen LogP contribution < -0.4 is 4.46 Å². The van der Waals surface area contributed by atoms with Gasteiger partial charge in [0.25, 0.3) is 0 Å². The molecular weight excluding hydrogens is 295 g/mol. The van der Waals surface area contributed by atoms with Crippen LogP contribution in [0.15, 0.2) is 30.3 Å². The summed E-state index contributed by atoms with van der Waals surface area (Å²) in [6.07, 6.45) is 2.62. The number of aliphatic hydroxyl groups is 1. The predicted octanol–water partition coefficient (Wildman–Crippen LogP) is 0.496. The molecule has 3 nitrogen and oxygen atoms in total. The molecule has 18 heavy (non-hydrogen) atoms. The maximum atomic E-state index is 9.11. The molecule has 4 heteroatoms. The molecule has 96 valence electrons. The monoisotopic (exact) mass is 312 g/mol. The molecule has 0 amide bonds. The van der Waals surface area contributed by atoms with Crippen molar-refractivity contribution >= 4 is 19.4 Å². The molecular formula is C14H16O3Se. The Morgan fingerprint density at radius 1 is 1.33 bits per heavy atom. The van der Waals surface area contributed by atoms with Gasteiger partial charge in [-0.25, -0.2) is 0 Å². The molecule has 4 rings (SSSR count). The van der Waals surface area contributed by atoms with Crippen LogP contribution in [0.5, 0.6) is 0 Å². The number of hydrogen-bond acceptors (Lipinski definition) is 3. The van der Waals surface area contributed by atoms with E-state index >= 15 is 0 Å². The topological polar surface area (TPSA) is 38.7 Å². The fraction of sp³-hybridized carbons (Fsp3) is 0.571. The molecule has 0 saturated carbocycles. The number of fused-ring (bicyclic) bond motifs is 1. The van der Waals surface area contributed by atoms with Gasteiger partial charge >= 0.3 is 113 Å². The van der Waals surface area contributed by atoms with E-state index in [0.29, 0.717) is 25.9 Å². The van der Waals surface area contributed by atoms with Crippen LogP contribution in [0.3, 0.4) is 0 Å². The Hall–Kier alpha value is -0.381. The first-order valence-electron chi connectivity index (χ1n) is 6.48. The van der Waals surface area contributed by atoms with Crippen LogP contribution in [0.1, 0.15) is 12.8 Å². The maximum absolute atomic E-state index is 9.11. The quantitative estimate of drug-likeness (QED) is 0.823. The molecule has 2 bridgehead atoms. The van der Waals surface area contributed by atoms with Gasteiger partial charge in [-0.2, -0.15) is 0 Å². The Balaban J connectivity index is 1.49. The molecule has 3 saturated heterocycles. The van der Waals surface area contributed by atoms with Crippen molar-refractivity contribution in [2.45, 2.75) is 41.6 Å². The molecule has 0 aliphatic carbocycles. The molecule has 1 aromatic carbocycles. The van der Waals surface area contributed by atoms with E-state index < -0.39 is 0 Å². The summed E-state index contributed by atoms with van der Waals surface area (Å²) < 4.78 is 13.6. The van der Waals surface area contributed by atoms with Gasteiger partial charge in [-0.1, -0.05) is 0 Å². The Labute approximate surface area is 113 Å². The minimum absolute atomic E-state index is 0.132. The molecule has 3 aliphatic heterocycles. The first-order chi connectivity index (χ1) is 8.82. The van der Waals surface area contributed by atoms with Gasteiger partial charge in [-0.15, -0.1) is 0 Å². The SMILES string of the molecule is OCC[C@]12C[C@@H]3O[C@H]1[C@H](O2)[C@H]3[Se]c1ccccc1. The van der Waals surface area contributed by atoms with Crippen LogP contribution in [0, 0.1) is 0 Å². The third-order valence-corrected chi connectivity index (χ3v) is 7.21. The fourth-order valence-corrected chi connectivity index (χ4v) is 6.18. The molecule has 0 unspecified atom stereocenters. The van der Waals surface area contributed by atoms with Crippen LogP contribution >= 0.6 is 0 Å². The second kappa shape index (κ2) is 4.06. The van der Waals surface area contributed by atoms with E-state index in [1.54, 1.807) is 0 Å². The molecule has 0 aromatic heterocycles. The summed E-state index contributed by atoms with van der Waals surface area (Å²) in [5, 5.41) is 9.11. The van der Waals surface area contributed by atoms with Crippen molar-refractivity contribution < 1.29 is 14.6 Å². The third kappa shape index (κ3) is 1.47. The third-order valence-electron chi connectivity index (χ3n) is 4.30. The number of aliphatic hydroxyl groups excluding tert-OH is 1. The van der Waals surface area contributed by atoms with E-state index in [1.807, 2.05) is 0 Å². The Bertz CT molecular complexity index is 450. The summed E-state index contributed by atoms with van der Waals surface area (Å²) in [5.74, 6) is 0. The van der Waals surface area contributed by atoms with Crippen molar-refractivity contribution in [1.82, 2.24) is 0 Å². The van der Waals surface area contributed by atoms with Crippen molar-refractivity contribution in [2.75, 3.05) is 6.61 Å². The molecule has 3 fully saturated rings. The average Bonchev–Trinajstić information content (AvgIpc) is 2.80. The number of ether oxygens (including phenoxy) is 2. The molecule has 1 N–H and O–H groups in total. The fourth-order valence-electron chi connectivity index (χ4n) is 3.51. The van der Waals surface area contributed by atoms with Gasteiger partial charge < -0.3 is 0 Å². The van der Waals surface area contributed by atoms with E-state index in [2.05, 4.69) is 30.3 Å². The van der Waals surface area contributed by atoms with Crippen LogP contribution in [0.4, 0.5) is 0 Å². The van der Waals surface area contributed by atoms with E-state index in [-0.39, 0.29) is 24.4 Å². The second-order valence-corrected chi connectivity index (χ2v) is 7.94. The summed E-state index contributed by atoms with van der Waals surface area (Å²) in [7, 11) is 0. The molecule has 1 aromatic rings. The summed E-state index contributed by atoms with van der Waals surface area (Å²) in [5.41, 5.74) is -0.132. The first-order valence-corrected chi connectivity index (χ1v) is 8.33. The van der Waals surface area contributed by atoms with Crippen LogP contribution in [-0.2, 0) is 9.47 Å². The summed E-state index contributed by atoms with van der Waals surface area (Å²) in [4.78, 5) is 0.561. The van der Waals surface area contributed by atoms with Crippen molar-refractivity contribution in [3.63, 3.8) is 0 Å². The van der Waals surface area contributed by atoms with Crippen molar-refractivity contribution in [2.24, 2.45) is 0 Å². The number of rotatable bonds is 4. The van der Waals surface area contributed by atoms with Crippen molar-refractivity contribution in [3.8, 4) is 0 Å². The Kier molecular flexibility index (Phi) is 2.58. The molecule has 0 radical (unpaired) electrons. The van der Waals surface area contributed by atoms with Gasteiger partial charge in [-0.3, -0.25) is 0 Å². The number of hydrogen-bond donors (Lipinski definition) is 1. The summed E-state index contributed by atoms with van der Waals surface area (Å²) >= 11 is 0.428. The Morgan fingerprint density at radius 3 is 2.83 bits per heavy atom. The van der Waals surface area contributed by atoms with Gasteiger partial charge in [0, 0.05) is 0 Å². The standard InChI is InChI=1S/C14H16O3Se/c15-7-6-14-8-10-12(11(17-14)13(14)16-10)18-9-4-2-1-3-5-9/h1-5,10-13,15H,6-8H2/t10-,11+,12-,13-,14-/m0/s1. The zero-order valence-electron chi connectivity index (χ0n) is 9.99. The van der Waals surface area contributed by atoms with E-state index in [0.717, 1.165) is 12.8 Å². The summed E-state index contributed by atoms with van der Waals surface area (Å²) in [6, 6.07) is 10.7. The van der Waals surface area contributed by atoms with Crippen LogP contribution in [-0.4, -0.2) is 50.6 Å². The van der Waals surface area contributed by atoms with Crippen LogP contribution in [0.2, 0.25) is 4.82 Å². The van der Waals surface area contributed by atoms with Crippen molar-refractivity contribution in [1.29, 1.82) is 0 Å². The van der Waals surface area contributed by atoms with Gasteiger partial charge in [-0.05, 0) is 0 Å². The average molecular weight is 311 g/mol. The van der Waals surface area contributed by atoms with E-state index in [1.165, 1.54) is 4.46 Å². The molecule has 0 spiro atoms. The van der Waals surface area contributed by atoms with Gasteiger partial charge in [0.2, 0.25) is 0 Å². The summed E-state index contributed by atoms with van der Waals surface area (Å²) in [6.45, 7) is 0.202. The molecule has 5 atom stereocenters. The molecule has 3 aliphatic rings. The minimum atomic E-state index is -0.132. The first kappa shape index (κ1) is 11.4.